The number of hydrogen-bond donors (Lipinski definition) is 2. The Bertz CT molecular complexity index is 677. The Kier molecular flexibility index (Phi) is 10.3. The number of hydrogen-bond acceptors (Lipinski definition) is 3. The third-order valence-electron chi connectivity index (χ3n) is 3.76. The van der Waals surface area contributed by atoms with Crippen LogP contribution in [0.25, 0.3) is 10.8 Å². The number of rotatable bonds is 8. The highest BCUT2D eigenvalue weighted by molar-refractivity contribution is 14.0. The zero-order chi connectivity index (χ0) is 17.2. The summed E-state index contributed by atoms with van der Waals surface area (Å²) in [6, 6.07) is 12.5. The second kappa shape index (κ2) is 11.9. The third-order valence-corrected chi connectivity index (χ3v) is 3.76. The number of halogens is 1. The highest BCUT2D eigenvalue weighted by Crippen LogP contribution is 2.21. The molecule has 0 saturated carbocycles. The quantitative estimate of drug-likeness (QED) is 0.276. The average molecular weight is 457 g/mol. The molecule has 5 nitrogen and oxygen atoms in total. The van der Waals surface area contributed by atoms with Gasteiger partial charge in [0.1, 0.15) is 5.75 Å². The molecule has 0 bridgehead atoms. The maximum absolute atomic E-state index is 5.33. The van der Waals surface area contributed by atoms with Crippen molar-refractivity contribution in [2.45, 2.75) is 19.9 Å². The Hall–Kier alpha value is -1.54. The van der Waals surface area contributed by atoms with Crippen molar-refractivity contribution in [2.75, 3.05) is 33.9 Å². The van der Waals surface area contributed by atoms with Crippen molar-refractivity contribution < 1.29 is 9.47 Å². The molecular formula is C19H28IN3O2. The molecule has 0 aliphatic heterocycles. The van der Waals surface area contributed by atoms with E-state index in [0.717, 1.165) is 44.4 Å². The van der Waals surface area contributed by atoms with Crippen molar-refractivity contribution in [3.63, 3.8) is 0 Å². The van der Waals surface area contributed by atoms with Gasteiger partial charge >= 0.3 is 0 Å². The van der Waals surface area contributed by atoms with Crippen LogP contribution in [0.4, 0.5) is 0 Å². The van der Waals surface area contributed by atoms with Crippen LogP contribution in [0.1, 0.15) is 18.9 Å². The highest BCUT2D eigenvalue weighted by Gasteiger charge is 2.01. The Morgan fingerprint density at radius 3 is 2.56 bits per heavy atom. The summed E-state index contributed by atoms with van der Waals surface area (Å²) < 4.78 is 10.6. The highest BCUT2D eigenvalue weighted by atomic mass is 127. The molecule has 0 unspecified atom stereocenters. The lowest BCUT2D eigenvalue weighted by Gasteiger charge is -2.12. The first-order valence-electron chi connectivity index (χ1n) is 8.35. The molecule has 2 rings (SSSR count). The van der Waals surface area contributed by atoms with Gasteiger partial charge in [0.05, 0.1) is 7.11 Å². The molecule has 2 aromatic carbocycles. The topological polar surface area (TPSA) is 54.9 Å². The van der Waals surface area contributed by atoms with E-state index in [1.807, 2.05) is 19.1 Å². The maximum atomic E-state index is 5.33. The average Bonchev–Trinajstić information content (AvgIpc) is 2.63. The summed E-state index contributed by atoms with van der Waals surface area (Å²) in [5.74, 6) is 1.69. The fraction of sp³-hybridized carbons (Fsp3) is 0.421. The predicted molar refractivity (Wildman–Crippen MR) is 115 cm³/mol. The fourth-order valence-corrected chi connectivity index (χ4v) is 2.44. The van der Waals surface area contributed by atoms with E-state index < -0.39 is 0 Å². The number of benzene rings is 2. The van der Waals surface area contributed by atoms with Gasteiger partial charge in [-0.25, -0.2) is 0 Å². The zero-order valence-corrected chi connectivity index (χ0v) is 17.5. The molecule has 0 atom stereocenters. The fourth-order valence-electron chi connectivity index (χ4n) is 2.44. The summed E-state index contributed by atoms with van der Waals surface area (Å²) in [6.45, 7) is 5.12. The number of nitrogens with zero attached hydrogens (tertiary/aromatic N) is 1. The van der Waals surface area contributed by atoms with E-state index in [4.69, 9.17) is 9.47 Å². The van der Waals surface area contributed by atoms with Gasteiger partial charge in [-0.15, -0.1) is 24.0 Å². The Labute approximate surface area is 167 Å². The van der Waals surface area contributed by atoms with Crippen molar-refractivity contribution in [1.29, 1.82) is 0 Å². The van der Waals surface area contributed by atoms with E-state index in [9.17, 15) is 0 Å². The Morgan fingerprint density at radius 2 is 1.84 bits per heavy atom. The van der Waals surface area contributed by atoms with Crippen LogP contribution in [0.5, 0.6) is 5.75 Å². The first-order chi connectivity index (χ1) is 11.8. The van der Waals surface area contributed by atoms with Crippen LogP contribution in [0.2, 0.25) is 0 Å². The minimum absolute atomic E-state index is 0. The van der Waals surface area contributed by atoms with Crippen molar-refractivity contribution >= 4 is 40.7 Å². The summed E-state index contributed by atoms with van der Waals surface area (Å²) in [7, 11) is 3.47. The number of methoxy groups -OCH3 is 1. The number of nitrogens with one attached hydrogen (secondary N) is 2. The minimum atomic E-state index is 0. The van der Waals surface area contributed by atoms with Crippen LogP contribution in [0.15, 0.2) is 41.4 Å². The summed E-state index contributed by atoms with van der Waals surface area (Å²) in [5, 5.41) is 9.01. The van der Waals surface area contributed by atoms with Gasteiger partial charge in [0, 0.05) is 33.4 Å². The molecule has 138 valence electrons. The summed E-state index contributed by atoms with van der Waals surface area (Å²) >= 11 is 0. The second-order valence-corrected chi connectivity index (χ2v) is 5.45. The van der Waals surface area contributed by atoms with Gasteiger partial charge < -0.3 is 20.1 Å². The smallest absolute Gasteiger partial charge is 0.191 e. The summed E-state index contributed by atoms with van der Waals surface area (Å²) in [5.41, 5.74) is 1.21. The van der Waals surface area contributed by atoms with Crippen molar-refractivity contribution in [3.05, 3.63) is 42.0 Å². The lowest BCUT2D eigenvalue weighted by molar-refractivity contribution is 0.145. The van der Waals surface area contributed by atoms with Crippen LogP contribution in [0, 0.1) is 0 Å². The molecule has 6 heteroatoms. The number of guanidine groups is 1. The zero-order valence-electron chi connectivity index (χ0n) is 15.2. The molecule has 0 saturated heterocycles. The van der Waals surface area contributed by atoms with E-state index in [1.54, 1.807) is 14.2 Å². The maximum Gasteiger partial charge on any atom is 0.191 e. The van der Waals surface area contributed by atoms with Gasteiger partial charge in [-0.05, 0) is 47.9 Å². The van der Waals surface area contributed by atoms with Crippen LogP contribution >= 0.6 is 24.0 Å². The molecule has 0 fully saturated rings. The first kappa shape index (κ1) is 21.5. The molecule has 0 heterocycles. The van der Waals surface area contributed by atoms with Gasteiger partial charge in [0.15, 0.2) is 5.96 Å². The third kappa shape index (κ3) is 7.07. The normalized spacial score (nSPS) is 11.1. The monoisotopic (exact) mass is 457 g/mol. The van der Waals surface area contributed by atoms with Crippen LogP contribution in [0.3, 0.4) is 0 Å². The molecule has 2 aromatic rings. The molecule has 0 amide bonds. The lowest BCUT2D eigenvalue weighted by Crippen LogP contribution is -2.37. The SMILES string of the molecule is CCOCCCNC(=NC)NCc1ccc2cc(OC)ccc2c1.I. The Morgan fingerprint density at radius 1 is 1.08 bits per heavy atom. The summed E-state index contributed by atoms with van der Waals surface area (Å²) in [6.07, 6.45) is 0.965. The number of ether oxygens (including phenoxy) is 2. The molecule has 0 radical (unpaired) electrons. The van der Waals surface area contributed by atoms with E-state index in [0.29, 0.717) is 0 Å². The van der Waals surface area contributed by atoms with Crippen molar-refractivity contribution in [2.24, 2.45) is 4.99 Å². The Balaban J connectivity index is 0.00000312. The van der Waals surface area contributed by atoms with Crippen molar-refractivity contribution in [1.82, 2.24) is 10.6 Å². The predicted octanol–water partition coefficient (Wildman–Crippen LogP) is 3.56. The number of fused-ring (bicyclic) bond motifs is 1. The molecular weight excluding hydrogens is 429 g/mol. The molecule has 2 N–H and O–H groups in total. The van der Waals surface area contributed by atoms with Gasteiger partial charge in [0.25, 0.3) is 0 Å². The van der Waals surface area contributed by atoms with E-state index in [1.165, 1.54) is 16.3 Å². The molecule has 0 spiro atoms. The van der Waals surface area contributed by atoms with Crippen LogP contribution < -0.4 is 15.4 Å². The molecule has 0 aliphatic carbocycles. The van der Waals surface area contributed by atoms with E-state index in [2.05, 4.69) is 39.9 Å². The largest absolute Gasteiger partial charge is 0.497 e. The molecule has 0 aliphatic rings. The number of aliphatic imine (C=N–C) groups is 1. The summed E-state index contributed by atoms with van der Waals surface area (Å²) in [4.78, 5) is 4.24. The van der Waals surface area contributed by atoms with Gasteiger partial charge in [-0.3, -0.25) is 4.99 Å². The minimum Gasteiger partial charge on any atom is -0.497 e. The van der Waals surface area contributed by atoms with E-state index >= 15 is 0 Å². The van der Waals surface area contributed by atoms with Crippen LogP contribution in [-0.2, 0) is 11.3 Å². The van der Waals surface area contributed by atoms with Crippen LogP contribution in [-0.4, -0.2) is 39.9 Å². The first-order valence-corrected chi connectivity index (χ1v) is 8.35. The van der Waals surface area contributed by atoms with Gasteiger partial charge in [0.2, 0.25) is 0 Å². The van der Waals surface area contributed by atoms with Gasteiger partial charge in [-0.1, -0.05) is 18.2 Å². The second-order valence-electron chi connectivity index (χ2n) is 5.45. The van der Waals surface area contributed by atoms with Gasteiger partial charge in [-0.2, -0.15) is 0 Å². The van der Waals surface area contributed by atoms with Crippen molar-refractivity contribution in [3.8, 4) is 5.75 Å². The molecule has 0 aromatic heterocycles. The standard InChI is InChI=1S/C19H27N3O2.HI/c1-4-24-11-5-10-21-19(20-2)22-14-15-6-7-17-13-18(23-3)9-8-16(17)12-15;/h6-9,12-13H,4-5,10-11,14H2,1-3H3,(H2,20,21,22);1H. The molecule has 25 heavy (non-hydrogen) atoms. The lowest BCUT2D eigenvalue weighted by atomic mass is 10.1. The van der Waals surface area contributed by atoms with E-state index in [-0.39, 0.29) is 24.0 Å².